The smallest absolute Gasteiger partial charge is 0.147 e. The zero-order valence-corrected chi connectivity index (χ0v) is 51.0. The molecular weight excluding hydrogens is 1120 g/mol. The van der Waals surface area contributed by atoms with Crippen molar-refractivity contribution in [1.82, 2.24) is 19.6 Å². The lowest BCUT2D eigenvalue weighted by atomic mass is 10.0. The van der Waals surface area contributed by atoms with Gasteiger partial charge in [-0.25, -0.2) is 0 Å². The van der Waals surface area contributed by atoms with Gasteiger partial charge in [-0.2, -0.15) is 0 Å². The minimum absolute atomic E-state index is 0.0150. The summed E-state index contributed by atoms with van der Waals surface area (Å²) in [5.41, 5.74) is 9.87. The summed E-state index contributed by atoms with van der Waals surface area (Å²) >= 11 is 26.1. The van der Waals surface area contributed by atoms with Gasteiger partial charge in [0.25, 0.3) is 0 Å². The molecule has 12 heteroatoms. The van der Waals surface area contributed by atoms with E-state index in [1.807, 2.05) is 21.6 Å². The molecule has 2 atom stereocenters. The molecule has 0 aliphatic rings. The van der Waals surface area contributed by atoms with Crippen molar-refractivity contribution >= 4 is 111 Å². The van der Waals surface area contributed by atoms with E-state index >= 15 is 0 Å². The van der Waals surface area contributed by atoms with Gasteiger partial charge in [-0.15, -0.1) is 0 Å². The number of hydrogen-bond donors (Lipinski definition) is 0. The highest BCUT2D eigenvalue weighted by molar-refractivity contribution is 8.84. The van der Waals surface area contributed by atoms with Crippen LogP contribution in [0.2, 0.25) is 0 Å². The van der Waals surface area contributed by atoms with Gasteiger partial charge >= 0.3 is 0 Å². The first kappa shape index (κ1) is 59.8. The lowest BCUT2D eigenvalue weighted by Crippen LogP contribution is -2.36. The van der Waals surface area contributed by atoms with Gasteiger partial charge in [0.05, 0.1) is 15.2 Å². The first-order valence-corrected chi connectivity index (χ1v) is 33.1. The van der Waals surface area contributed by atoms with E-state index in [1.165, 1.54) is 44.5 Å². The standard InChI is InChI=1S/C67H68N4S8/c72-64(68(45-54-27-9-1-10-28-54)46-55-29-11-2-12-30-55)62(53-76-78-66(74)70(49-58-35-17-5-18-36-58)50-59-37-19-6-20-38-59)43-25-26-44-63(65(73)69(47-56-31-13-3-14-32-56)48-57-33-15-4-16-34-57)77-79-67(75)71(51-60-39-21-7-22-40-60)52-61-41-23-8-24-42-61/h1-24,27-42,62-63H,25-26,43-53H2. The van der Waals surface area contributed by atoms with Crippen LogP contribution in [0.1, 0.15) is 70.2 Å². The van der Waals surface area contributed by atoms with Gasteiger partial charge in [0.1, 0.15) is 8.64 Å². The zero-order valence-electron chi connectivity index (χ0n) is 44.5. The third-order valence-electron chi connectivity index (χ3n) is 13.4. The van der Waals surface area contributed by atoms with Crippen molar-refractivity contribution in [3.8, 4) is 0 Å². The van der Waals surface area contributed by atoms with Crippen LogP contribution in [0.15, 0.2) is 243 Å². The molecule has 0 saturated carbocycles. The van der Waals surface area contributed by atoms with Crippen molar-refractivity contribution in [2.24, 2.45) is 5.92 Å². The molecule has 79 heavy (non-hydrogen) atoms. The summed E-state index contributed by atoms with van der Waals surface area (Å²) in [4.78, 5) is 11.4. The second kappa shape index (κ2) is 33.5. The van der Waals surface area contributed by atoms with Crippen molar-refractivity contribution < 1.29 is 0 Å². The Balaban J connectivity index is 1.03. The Kier molecular flexibility index (Phi) is 25.3. The first-order valence-electron chi connectivity index (χ1n) is 26.9. The fraction of sp³-hybridized carbons (Fsp3) is 0.224. The Morgan fingerprint density at radius 3 is 0.861 bits per heavy atom. The monoisotopic (exact) mass is 1180 g/mol. The van der Waals surface area contributed by atoms with Crippen LogP contribution in [0.4, 0.5) is 0 Å². The molecule has 0 aromatic heterocycles. The highest BCUT2D eigenvalue weighted by Crippen LogP contribution is 2.37. The maximum Gasteiger partial charge on any atom is 0.147 e. The van der Waals surface area contributed by atoms with Crippen LogP contribution < -0.4 is 0 Å². The molecule has 404 valence electrons. The fourth-order valence-corrected chi connectivity index (χ4v) is 15.9. The SMILES string of the molecule is S=C(SSCC(CCCCC(SSC(=S)N(Cc1ccccc1)Cc1ccccc1)C(=S)N(Cc1ccccc1)Cc1ccccc1)C(=S)N(Cc1ccccc1)Cc1ccccc1)N(Cc1ccccc1)Cc1ccccc1. The van der Waals surface area contributed by atoms with E-state index < -0.39 is 0 Å². The molecule has 8 aromatic rings. The van der Waals surface area contributed by atoms with Crippen LogP contribution in [-0.4, -0.2) is 49.2 Å². The molecule has 8 rings (SSSR count). The highest BCUT2D eigenvalue weighted by Gasteiger charge is 2.27. The molecule has 0 bridgehead atoms. The van der Waals surface area contributed by atoms with Crippen molar-refractivity contribution in [1.29, 1.82) is 0 Å². The maximum absolute atomic E-state index is 6.69. The normalized spacial score (nSPS) is 11.7. The van der Waals surface area contributed by atoms with Gasteiger partial charge in [-0.05, 0) is 78.9 Å². The summed E-state index contributed by atoms with van der Waals surface area (Å²) in [5, 5.41) is 0.0150. The minimum atomic E-state index is 0.0150. The quantitative estimate of drug-likeness (QED) is 0.0264. The number of benzene rings is 8. The Morgan fingerprint density at radius 1 is 0.304 bits per heavy atom. The largest absolute Gasteiger partial charge is 0.357 e. The average molecular weight is 1190 g/mol. The summed E-state index contributed by atoms with van der Waals surface area (Å²) < 4.78 is 1.72. The number of nitrogens with zero attached hydrogens (tertiary/aromatic N) is 4. The maximum atomic E-state index is 6.69. The Morgan fingerprint density at radius 2 is 0.557 bits per heavy atom. The summed E-state index contributed by atoms with van der Waals surface area (Å²) in [5.74, 6) is 0.951. The van der Waals surface area contributed by atoms with Gasteiger partial charge in [0, 0.05) is 64.0 Å². The molecule has 0 radical (unpaired) electrons. The highest BCUT2D eigenvalue weighted by atomic mass is 33.1. The van der Waals surface area contributed by atoms with Crippen LogP contribution in [0.25, 0.3) is 0 Å². The molecule has 0 fully saturated rings. The minimum Gasteiger partial charge on any atom is -0.357 e. The number of rotatable bonds is 28. The van der Waals surface area contributed by atoms with Crippen LogP contribution >= 0.6 is 92.0 Å². The van der Waals surface area contributed by atoms with E-state index in [0.29, 0.717) is 0 Å². The van der Waals surface area contributed by atoms with E-state index in [2.05, 4.69) is 262 Å². The van der Waals surface area contributed by atoms with Gasteiger partial charge in [-0.3, -0.25) is 0 Å². The molecule has 0 aliphatic heterocycles. The summed E-state index contributed by atoms with van der Waals surface area (Å²) in [6.07, 6.45) is 3.79. The third kappa shape index (κ3) is 20.6. The van der Waals surface area contributed by atoms with Crippen LogP contribution in [0.3, 0.4) is 0 Å². The number of unbranched alkanes of at least 4 members (excludes halogenated alkanes) is 1. The molecule has 0 saturated heterocycles. The van der Waals surface area contributed by atoms with Crippen LogP contribution in [-0.2, 0) is 52.4 Å². The predicted molar refractivity (Wildman–Crippen MR) is 360 cm³/mol. The summed E-state index contributed by atoms with van der Waals surface area (Å²) in [7, 11) is 7.05. The van der Waals surface area contributed by atoms with Crippen molar-refractivity contribution in [2.75, 3.05) is 5.75 Å². The Bertz CT molecular complexity index is 2870. The topological polar surface area (TPSA) is 13.0 Å². The summed E-state index contributed by atoms with van der Waals surface area (Å²) in [6, 6.07) is 85.4. The zero-order chi connectivity index (χ0) is 54.7. The Labute approximate surface area is 508 Å². The van der Waals surface area contributed by atoms with E-state index in [4.69, 9.17) is 48.9 Å². The van der Waals surface area contributed by atoms with Crippen LogP contribution in [0.5, 0.6) is 0 Å². The lowest BCUT2D eigenvalue weighted by molar-refractivity contribution is 0.386. The molecule has 0 N–H and O–H groups in total. The van der Waals surface area contributed by atoms with Gasteiger partial charge in [0.2, 0.25) is 0 Å². The predicted octanol–water partition coefficient (Wildman–Crippen LogP) is 18.3. The second-order valence-electron chi connectivity index (χ2n) is 19.5. The van der Waals surface area contributed by atoms with E-state index in [1.54, 1.807) is 21.6 Å². The Hall–Kier alpha value is -5.28. The molecular formula is C67H68N4S8. The molecule has 2 unspecified atom stereocenters. The van der Waals surface area contributed by atoms with Crippen LogP contribution in [0, 0.1) is 5.92 Å². The van der Waals surface area contributed by atoms with E-state index in [9.17, 15) is 0 Å². The first-order chi connectivity index (χ1) is 38.8. The fourth-order valence-electron chi connectivity index (χ4n) is 9.27. The average Bonchev–Trinajstić information content (AvgIpc) is 3.50. The van der Waals surface area contributed by atoms with E-state index in [-0.39, 0.29) is 11.2 Å². The molecule has 0 spiro atoms. The molecule has 0 heterocycles. The van der Waals surface area contributed by atoms with Crippen molar-refractivity contribution in [3.63, 3.8) is 0 Å². The lowest BCUT2D eigenvalue weighted by Gasteiger charge is -2.32. The van der Waals surface area contributed by atoms with Gasteiger partial charge in [0.15, 0.2) is 0 Å². The van der Waals surface area contributed by atoms with Gasteiger partial charge < -0.3 is 19.6 Å². The van der Waals surface area contributed by atoms with Crippen molar-refractivity contribution in [2.45, 2.75) is 83.3 Å². The second-order valence-corrected chi connectivity index (χ2v) is 26.4. The molecule has 0 aliphatic carbocycles. The van der Waals surface area contributed by atoms with E-state index in [0.717, 1.165) is 102 Å². The van der Waals surface area contributed by atoms with Gasteiger partial charge in [-0.1, -0.05) is 326 Å². The molecule has 4 nitrogen and oxygen atoms in total. The molecule has 0 amide bonds. The molecule has 8 aromatic carbocycles. The summed E-state index contributed by atoms with van der Waals surface area (Å²) in [6.45, 7) is 5.82. The third-order valence-corrected chi connectivity index (χ3v) is 21.3. The number of thiocarbonyl (C=S) groups is 4. The van der Waals surface area contributed by atoms with Crippen molar-refractivity contribution in [3.05, 3.63) is 287 Å². The number of hydrogen-bond acceptors (Lipinski definition) is 8.